The third-order valence-corrected chi connectivity index (χ3v) is 3.96. The topological polar surface area (TPSA) is 66.7 Å². The van der Waals surface area contributed by atoms with Crippen LogP contribution < -0.4 is 0 Å². The molecule has 1 aromatic carbocycles. The molecular formula is C14H18BrN3O3. The van der Waals surface area contributed by atoms with Crippen molar-refractivity contribution in [3.8, 4) is 0 Å². The second-order valence-electron chi connectivity index (χ2n) is 4.95. The number of halogens is 1. The number of nitro groups is 1. The molecule has 1 aromatic rings. The largest absolute Gasteiger partial charge is 0.337 e. The number of hydrogen-bond donors (Lipinski definition) is 0. The molecule has 6 nitrogen and oxygen atoms in total. The summed E-state index contributed by atoms with van der Waals surface area (Å²) in [6.45, 7) is 3.96. The highest BCUT2D eigenvalue weighted by atomic mass is 79.9. The van der Waals surface area contributed by atoms with Gasteiger partial charge in [0.05, 0.1) is 4.92 Å². The summed E-state index contributed by atoms with van der Waals surface area (Å²) in [5.74, 6) is -0.247. The molecule has 0 atom stereocenters. The van der Waals surface area contributed by atoms with Crippen molar-refractivity contribution in [1.82, 2.24) is 9.80 Å². The van der Waals surface area contributed by atoms with Gasteiger partial charge in [-0.05, 0) is 19.0 Å². The molecule has 1 aliphatic rings. The van der Waals surface area contributed by atoms with Crippen LogP contribution in [0.4, 0.5) is 5.69 Å². The Morgan fingerprint density at radius 2 is 2.00 bits per heavy atom. The Kier molecular flexibility index (Phi) is 5.69. The molecule has 114 valence electrons. The lowest BCUT2D eigenvalue weighted by atomic mass is 10.1. The van der Waals surface area contributed by atoms with Crippen molar-refractivity contribution in [2.24, 2.45) is 0 Å². The van der Waals surface area contributed by atoms with E-state index in [1.54, 1.807) is 17.0 Å². The first-order valence-corrected chi connectivity index (χ1v) is 8.06. The Morgan fingerprint density at radius 1 is 1.24 bits per heavy atom. The highest BCUT2D eigenvalue weighted by Crippen LogP contribution is 2.20. The van der Waals surface area contributed by atoms with Gasteiger partial charge < -0.3 is 9.80 Å². The third-order valence-electron chi connectivity index (χ3n) is 3.61. The lowest BCUT2D eigenvalue weighted by molar-refractivity contribution is -0.385. The molecule has 0 aromatic heterocycles. The van der Waals surface area contributed by atoms with E-state index in [-0.39, 0.29) is 17.2 Å². The highest BCUT2D eigenvalue weighted by molar-refractivity contribution is 9.09. The summed E-state index contributed by atoms with van der Waals surface area (Å²) in [6, 6.07) is 6.15. The number of amides is 1. The smallest absolute Gasteiger partial charge is 0.282 e. The molecule has 0 N–H and O–H groups in total. The first kappa shape index (κ1) is 15.9. The maximum atomic E-state index is 12.5. The Morgan fingerprint density at radius 3 is 2.71 bits per heavy atom. The van der Waals surface area contributed by atoms with Crippen LogP contribution in [0.25, 0.3) is 0 Å². The lowest BCUT2D eigenvalue weighted by Gasteiger charge is -2.21. The summed E-state index contributed by atoms with van der Waals surface area (Å²) < 4.78 is 0. The summed E-state index contributed by atoms with van der Waals surface area (Å²) in [7, 11) is 0. The van der Waals surface area contributed by atoms with E-state index in [4.69, 9.17) is 0 Å². The van der Waals surface area contributed by atoms with Crippen LogP contribution >= 0.6 is 15.9 Å². The van der Waals surface area contributed by atoms with E-state index in [9.17, 15) is 14.9 Å². The van der Waals surface area contributed by atoms with Gasteiger partial charge in [0.1, 0.15) is 5.56 Å². The van der Waals surface area contributed by atoms with Crippen molar-refractivity contribution in [3.05, 3.63) is 39.9 Å². The summed E-state index contributed by atoms with van der Waals surface area (Å²) in [6.07, 6.45) is 0.888. The van der Waals surface area contributed by atoms with E-state index in [1.165, 1.54) is 12.1 Å². The van der Waals surface area contributed by atoms with Crippen LogP contribution in [0.15, 0.2) is 24.3 Å². The molecule has 0 spiro atoms. The van der Waals surface area contributed by atoms with Gasteiger partial charge in [-0.15, -0.1) is 0 Å². The minimum atomic E-state index is -0.498. The zero-order valence-corrected chi connectivity index (χ0v) is 13.3. The van der Waals surface area contributed by atoms with E-state index in [0.717, 1.165) is 31.4 Å². The standard InChI is InChI=1S/C14H18BrN3O3/c15-6-9-16-7-3-8-17(11-10-16)14(19)12-4-1-2-5-13(12)18(20)21/h1-2,4-5H,3,6-11H2. The number of benzene rings is 1. The average Bonchev–Trinajstić information content (AvgIpc) is 2.72. The number of rotatable bonds is 4. The third kappa shape index (κ3) is 4.01. The van der Waals surface area contributed by atoms with Crippen molar-refractivity contribution in [1.29, 1.82) is 0 Å². The van der Waals surface area contributed by atoms with Crippen LogP contribution in [-0.2, 0) is 0 Å². The summed E-state index contributed by atoms with van der Waals surface area (Å²) >= 11 is 3.42. The first-order valence-electron chi connectivity index (χ1n) is 6.94. The minimum Gasteiger partial charge on any atom is -0.337 e. The molecule has 1 aliphatic heterocycles. The Hall–Kier alpha value is -1.47. The molecule has 0 radical (unpaired) electrons. The molecule has 0 unspecified atom stereocenters. The molecule has 1 fully saturated rings. The molecule has 2 rings (SSSR count). The Bertz CT molecular complexity index is 524. The van der Waals surface area contributed by atoms with E-state index < -0.39 is 4.92 Å². The Labute approximate surface area is 132 Å². The highest BCUT2D eigenvalue weighted by Gasteiger charge is 2.25. The zero-order chi connectivity index (χ0) is 15.2. The van der Waals surface area contributed by atoms with Crippen LogP contribution in [0.3, 0.4) is 0 Å². The van der Waals surface area contributed by atoms with Crippen molar-refractivity contribution in [2.75, 3.05) is 38.1 Å². The van der Waals surface area contributed by atoms with Gasteiger partial charge in [0.15, 0.2) is 0 Å². The molecule has 0 aliphatic carbocycles. The van der Waals surface area contributed by atoms with Crippen molar-refractivity contribution >= 4 is 27.5 Å². The second-order valence-corrected chi connectivity index (χ2v) is 5.74. The summed E-state index contributed by atoms with van der Waals surface area (Å²) in [5, 5.41) is 11.9. The molecule has 0 bridgehead atoms. The summed E-state index contributed by atoms with van der Waals surface area (Å²) in [5.41, 5.74) is 0.0560. The van der Waals surface area contributed by atoms with Crippen molar-refractivity contribution < 1.29 is 9.72 Å². The fraction of sp³-hybridized carbons (Fsp3) is 0.500. The quantitative estimate of drug-likeness (QED) is 0.471. The average molecular weight is 356 g/mol. The number of carbonyl (C=O) groups excluding carboxylic acids is 1. The van der Waals surface area contributed by atoms with Gasteiger partial charge in [0.25, 0.3) is 11.6 Å². The SMILES string of the molecule is O=C(c1ccccc1[N+](=O)[O-])N1CCCN(CCBr)CC1. The van der Waals surface area contributed by atoms with E-state index in [0.29, 0.717) is 13.1 Å². The predicted molar refractivity (Wildman–Crippen MR) is 83.9 cm³/mol. The normalized spacial score (nSPS) is 16.5. The number of alkyl halides is 1. The van der Waals surface area contributed by atoms with E-state index in [2.05, 4.69) is 20.8 Å². The van der Waals surface area contributed by atoms with Gasteiger partial charge in [-0.25, -0.2) is 0 Å². The molecule has 1 heterocycles. The second kappa shape index (κ2) is 7.51. The molecule has 7 heteroatoms. The monoisotopic (exact) mass is 355 g/mol. The Balaban J connectivity index is 2.12. The molecular weight excluding hydrogens is 338 g/mol. The summed E-state index contributed by atoms with van der Waals surface area (Å²) in [4.78, 5) is 27.1. The first-order chi connectivity index (χ1) is 10.1. The zero-order valence-electron chi connectivity index (χ0n) is 11.7. The number of nitro benzene ring substituents is 1. The van der Waals surface area contributed by atoms with Gasteiger partial charge in [-0.2, -0.15) is 0 Å². The van der Waals surface area contributed by atoms with Gasteiger partial charge in [-0.3, -0.25) is 14.9 Å². The molecule has 0 saturated carbocycles. The van der Waals surface area contributed by atoms with E-state index >= 15 is 0 Å². The van der Waals surface area contributed by atoms with Crippen LogP contribution in [0.5, 0.6) is 0 Å². The fourth-order valence-corrected chi connectivity index (χ4v) is 3.00. The minimum absolute atomic E-state index is 0.121. The number of para-hydroxylation sites is 1. The fourth-order valence-electron chi connectivity index (χ4n) is 2.50. The van der Waals surface area contributed by atoms with Crippen LogP contribution in [0.2, 0.25) is 0 Å². The molecule has 1 amide bonds. The maximum Gasteiger partial charge on any atom is 0.282 e. The number of nitrogens with zero attached hydrogens (tertiary/aromatic N) is 3. The van der Waals surface area contributed by atoms with Crippen LogP contribution in [-0.4, -0.2) is 58.7 Å². The lowest BCUT2D eigenvalue weighted by Crippen LogP contribution is -2.35. The predicted octanol–water partition coefficient (Wildman–Crippen LogP) is 2.14. The molecule has 21 heavy (non-hydrogen) atoms. The number of carbonyl (C=O) groups is 1. The van der Waals surface area contributed by atoms with Gasteiger partial charge in [0.2, 0.25) is 0 Å². The van der Waals surface area contributed by atoms with Crippen LogP contribution in [0, 0.1) is 10.1 Å². The van der Waals surface area contributed by atoms with Gasteiger partial charge in [0, 0.05) is 37.6 Å². The van der Waals surface area contributed by atoms with Gasteiger partial charge in [-0.1, -0.05) is 28.1 Å². The maximum absolute atomic E-state index is 12.5. The van der Waals surface area contributed by atoms with Crippen molar-refractivity contribution in [2.45, 2.75) is 6.42 Å². The molecule has 1 saturated heterocycles. The van der Waals surface area contributed by atoms with Crippen LogP contribution in [0.1, 0.15) is 16.8 Å². The van der Waals surface area contributed by atoms with Crippen molar-refractivity contribution in [3.63, 3.8) is 0 Å². The number of hydrogen-bond acceptors (Lipinski definition) is 4. The van der Waals surface area contributed by atoms with Gasteiger partial charge >= 0.3 is 0 Å². The van der Waals surface area contributed by atoms with E-state index in [1.807, 2.05) is 0 Å².